The zero-order valence-electron chi connectivity index (χ0n) is 9.67. The Morgan fingerprint density at radius 2 is 2.33 bits per heavy atom. The van der Waals surface area contributed by atoms with Gasteiger partial charge >= 0.3 is 0 Å². The maximum absolute atomic E-state index is 11.4. The first-order chi connectivity index (χ1) is 8.83. The number of hydrogen-bond acceptors (Lipinski definition) is 5. The van der Waals surface area contributed by atoms with Crippen molar-refractivity contribution in [3.05, 3.63) is 30.3 Å². The summed E-state index contributed by atoms with van der Waals surface area (Å²) in [6.45, 7) is 0.273. The third kappa shape index (κ3) is 2.37. The van der Waals surface area contributed by atoms with E-state index in [4.69, 9.17) is 4.52 Å². The fraction of sp³-hybridized carbons (Fsp3) is 0.333. The number of nitrogens with one attached hydrogen (secondary N) is 1. The second-order valence-electron chi connectivity index (χ2n) is 4.22. The molecule has 0 unspecified atom stereocenters. The van der Waals surface area contributed by atoms with E-state index in [1.54, 1.807) is 12.3 Å². The summed E-state index contributed by atoms with van der Waals surface area (Å²) >= 11 is 0. The van der Waals surface area contributed by atoms with E-state index >= 15 is 0 Å². The van der Waals surface area contributed by atoms with Crippen molar-refractivity contribution in [2.75, 3.05) is 0 Å². The molecule has 1 fully saturated rings. The van der Waals surface area contributed by atoms with Gasteiger partial charge in [-0.1, -0.05) is 11.2 Å². The van der Waals surface area contributed by atoms with Crippen molar-refractivity contribution in [2.24, 2.45) is 5.92 Å². The molecule has 2 heterocycles. The summed E-state index contributed by atoms with van der Waals surface area (Å²) in [6.07, 6.45) is 3.63. The summed E-state index contributed by atoms with van der Waals surface area (Å²) in [4.78, 5) is 19.7. The molecule has 1 amide bonds. The van der Waals surface area contributed by atoms with E-state index in [0.717, 1.165) is 12.8 Å². The number of carbonyl (C=O) groups excluding carboxylic acids is 1. The van der Waals surface area contributed by atoms with Crippen molar-refractivity contribution in [3.63, 3.8) is 0 Å². The Morgan fingerprint density at radius 3 is 3.06 bits per heavy atom. The highest BCUT2D eigenvalue weighted by Gasteiger charge is 2.29. The number of carbonyl (C=O) groups is 1. The van der Waals surface area contributed by atoms with Crippen LogP contribution in [0.2, 0.25) is 0 Å². The van der Waals surface area contributed by atoms with E-state index < -0.39 is 0 Å². The monoisotopic (exact) mass is 244 g/mol. The number of nitrogens with zero attached hydrogens (tertiary/aromatic N) is 3. The topological polar surface area (TPSA) is 80.9 Å². The predicted molar refractivity (Wildman–Crippen MR) is 62.1 cm³/mol. The molecule has 1 aliphatic carbocycles. The van der Waals surface area contributed by atoms with E-state index in [9.17, 15) is 4.79 Å². The van der Waals surface area contributed by atoms with Gasteiger partial charge in [-0.3, -0.25) is 9.78 Å². The quantitative estimate of drug-likeness (QED) is 0.872. The first-order valence-corrected chi connectivity index (χ1v) is 5.84. The van der Waals surface area contributed by atoms with Gasteiger partial charge in [0.2, 0.25) is 17.6 Å². The van der Waals surface area contributed by atoms with E-state index in [1.165, 1.54) is 0 Å². The lowest BCUT2D eigenvalue weighted by atomic mass is 10.3. The minimum Gasteiger partial charge on any atom is -0.347 e. The van der Waals surface area contributed by atoms with Crippen LogP contribution < -0.4 is 5.32 Å². The normalized spacial score (nSPS) is 14.4. The van der Waals surface area contributed by atoms with Crippen LogP contribution in [0.25, 0.3) is 11.5 Å². The summed E-state index contributed by atoms with van der Waals surface area (Å²) in [5.74, 6) is 1.08. The van der Waals surface area contributed by atoms with E-state index in [-0.39, 0.29) is 18.4 Å². The van der Waals surface area contributed by atoms with Gasteiger partial charge in [-0.15, -0.1) is 0 Å². The number of aromatic nitrogens is 3. The average molecular weight is 244 g/mol. The number of hydrogen-bond donors (Lipinski definition) is 1. The minimum absolute atomic E-state index is 0.0626. The molecule has 1 N–H and O–H groups in total. The molecule has 6 heteroatoms. The third-order valence-electron chi connectivity index (χ3n) is 2.72. The van der Waals surface area contributed by atoms with Gasteiger partial charge in [0, 0.05) is 12.1 Å². The first-order valence-electron chi connectivity index (χ1n) is 5.84. The highest BCUT2D eigenvalue weighted by atomic mass is 16.5. The van der Waals surface area contributed by atoms with Gasteiger partial charge in [0.15, 0.2) is 0 Å². The lowest BCUT2D eigenvalue weighted by molar-refractivity contribution is -0.122. The molecular formula is C12H12N4O2. The molecule has 0 aliphatic heterocycles. The molecule has 0 bridgehead atoms. The molecule has 2 aromatic rings. The summed E-state index contributed by atoms with van der Waals surface area (Å²) in [6, 6.07) is 5.48. The van der Waals surface area contributed by atoms with E-state index in [1.807, 2.05) is 12.1 Å². The molecule has 3 rings (SSSR count). The SMILES string of the molecule is O=C(NCc1nc(-c2ccccn2)no1)C1CC1. The van der Waals surface area contributed by atoms with Crippen molar-refractivity contribution in [2.45, 2.75) is 19.4 Å². The fourth-order valence-electron chi connectivity index (χ4n) is 1.58. The fourth-order valence-corrected chi connectivity index (χ4v) is 1.58. The smallest absolute Gasteiger partial charge is 0.246 e. The molecule has 92 valence electrons. The molecule has 0 atom stereocenters. The van der Waals surface area contributed by atoms with Crippen molar-refractivity contribution in [1.29, 1.82) is 0 Å². The third-order valence-corrected chi connectivity index (χ3v) is 2.72. The van der Waals surface area contributed by atoms with Crippen LogP contribution in [0.1, 0.15) is 18.7 Å². The standard InChI is InChI=1S/C12H12N4O2/c17-12(8-4-5-8)14-7-10-15-11(16-18-10)9-3-1-2-6-13-9/h1-3,6,8H,4-5,7H2,(H,14,17). The first kappa shape index (κ1) is 10.9. The lowest BCUT2D eigenvalue weighted by Crippen LogP contribution is -2.24. The zero-order chi connectivity index (χ0) is 12.4. The molecule has 1 saturated carbocycles. The highest BCUT2D eigenvalue weighted by molar-refractivity contribution is 5.80. The van der Waals surface area contributed by atoms with Crippen LogP contribution in [0.15, 0.2) is 28.9 Å². The Kier molecular flexibility index (Phi) is 2.76. The predicted octanol–water partition coefficient (Wildman–Crippen LogP) is 1.16. The molecule has 1 aliphatic rings. The summed E-state index contributed by atoms with van der Waals surface area (Å²) in [5, 5.41) is 6.60. The molecule has 18 heavy (non-hydrogen) atoms. The van der Waals surface area contributed by atoms with Gasteiger partial charge in [0.05, 0.1) is 6.54 Å². The summed E-state index contributed by atoms with van der Waals surface area (Å²) in [5.41, 5.74) is 0.654. The van der Waals surface area contributed by atoms with Crippen LogP contribution in [-0.2, 0) is 11.3 Å². The van der Waals surface area contributed by atoms with Crippen LogP contribution in [0.5, 0.6) is 0 Å². The second-order valence-corrected chi connectivity index (χ2v) is 4.22. The largest absolute Gasteiger partial charge is 0.347 e. The van der Waals surface area contributed by atoms with Crippen molar-refractivity contribution in [3.8, 4) is 11.5 Å². The van der Waals surface area contributed by atoms with E-state index in [0.29, 0.717) is 17.4 Å². The van der Waals surface area contributed by atoms with Crippen molar-refractivity contribution in [1.82, 2.24) is 20.4 Å². The van der Waals surface area contributed by atoms with Gasteiger partial charge < -0.3 is 9.84 Å². The Morgan fingerprint density at radius 1 is 1.44 bits per heavy atom. The lowest BCUT2D eigenvalue weighted by Gasteiger charge is -1.98. The minimum atomic E-state index is 0.0626. The number of amides is 1. The Hall–Kier alpha value is -2.24. The average Bonchev–Trinajstić information content (AvgIpc) is 3.16. The zero-order valence-corrected chi connectivity index (χ0v) is 9.67. The van der Waals surface area contributed by atoms with Crippen LogP contribution in [-0.4, -0.2) is 21.0 Å². The molecule has 0 saturated heterocycles. The molecule has 6 nitrogen and oxygen atoms in total. The van der Waals surface area contributed by atoms with Gasteiger partial charge in [-0.2, -0.15) is 4.98 Å². The van der Waals surface area contributed by atoms with Gasteiger partial charge in [-0.05, 0) is 25.0 Å². The number of rotatable bonds is 4. The molecule has 2 aromatic heterocycles. The Balaban J connectivity index is 1.64. The van der Waals surface area contributed by atoms with Crippen molar-refractivity contribution >= 4 is 5.91 Å². The number of pyridine rings is 1. The van der Waals surface area contributed by atoms with Gasteiger partial charge in [0.25, 0.3) is 0 Å². The van der Waals surface area contributed by atoms with Crippen LogP contribution in [0.3, 0.4) is 0 Å². The second kappa shape index (κ2) is 4.56. The Bertz CT molecular complexity index is 548. The maximum Gasteiger partial charge on any atom is 0.246 e. The molecule has 0 radical (unpaired) electrons. The van der Waals surface area contributed by atoms with Crippen LogP contribution in [0.4, 0.5) is 0 Å². The molecular weight excluding hydrogens is 232 g/mol. The van der Waals surface area contributed by atoms with Crippen molar-refractivity contribution < 1.29 is 9.32 Å². The summed E-state index contributed by atoms with van der Waals surface area (Å²) in [7, 11) is 0. The van der Waals surface area contributed by atoms with Crippen LogP contribution in [0, 0.1) is 5.92 Å². The molecule has 0 spiro atoms. The van der Waals surface area contributed by atoms with Crippen LogP contribution >= 0.6 is 0 Å². The van der Waals surface area contributed by atoms with E-state index in [2.05, 4.69) is 20.4 Å². The van der Waals surface area contributed by atoms with Gasteiger partial charge in [0.1, 0.15) is 5.69 Å². The Labute approximate surface area is 103 Å². The molecule has 0 aromatic carbocycles. The highest BCUT2D eigenvalue weighted by Crippen LogP contribution is 2.28. The maximum atomic E-state index is 11.4. The van der Waals surface area contributed by atoms with Gasteiger partial charge in [-0.25, -0.2) is 0 Å². The summed E-state index contributed by atoms with van der Waals surface area (Å²) < 4.78 is 5.05.